The quantitative estimate of drug-likeness (QED) is 0.788. The molecule has 1 N–H and O–H groups in total. The molecule has 4 rings (SSSR count). The summed E-state index contributed by atoms with van der Waals surface area (Å²) in [6.45, 7) is 3.90. The van der Waals surface area contributed by atoms with Gasteiger partial charge in [0.2, 0.25) is 0 Å². The monoisotopic (exact) mass is 390 g/mol. The summed E-state index contributed by atoms with van der Waals surface area (Å²) in [5.41, 5.74) is 2.15. The molecule has 2 aromatic heterocycles. The van der Waals surface area contributed by atoms with E-state index in [2.05, 4.69) is 15.4 Å². The first kappa shape index (κ1) is 17.7. The van der Waals surface area contributed by atoms with Gasteiger partial charge in [0.25, 0.3) is 5.91 Å². The number of anilines is 2. The number of carbonyl (C=O) groups is 2. The van der Waals surface area contributed by atoms with Gasteiger partial charge >= 0.3 is 6.03 Å². The van der Waals surface area contributed by atoms with Gasteiger partial charge < -0.3 is 19.9 Å². The van der Waals surface area contributed by atoms with Crippen LogP contribution in [0.1, 0.15) is 12.6 Å². The minimum atomic E-state index is -0.239. The van der Waals surface area contributed by atoms with E-state index in [9.17, 15) is 9.59 Å². The molecule has 0 radical (unpaired) electrons. The SMILES string of the molecule is CC1Cn2ncc(N3CCOCC3=O)c2CN1C(=O)Nc1ccnc(Cl)c1. The van der Waals surface area contributed by atoms with E-state index in [0.29, 0.717) is 37.1 Å². The Morgan fingerprint density at radius 1 is 1.44 bits per heavy atom. The molecule has 0 saturated carbocycles. The second-order valence-corrected chi connectivity index (χ2v) is 6.92. The van der Waals surface area contributed by atoms with Crippen molar-refractivity contribution < 1.29 is 14.3 Å². The Hall–Kier alpha value is -2.65. The van der Waals surface area contributed by atoms with Gasteiger partial charge in [-0.05, 0) is 19.1 Å². The zero-order valence-electron chi connectivity index (χ0n) is 14.8. The molecule has 9 nitrogen and oxygen atoms in total. The smallest absolute Gasteiger partial charge is 0.322 e. The number of nitrogens with zero attached hydrogens (tertiary/aromatic N) is 5. The van der Waals surface area contributed by atoms with Crippen molar-refractivity contribution in [1.29, 1.82) is 0 Å². The van der Waals surface area contributed by atoms with E-state index in [4.69, 9.17) is 16.3 Å². The number of carbonyl (C=O) groups excluding carboxylic acids is 2. The van der Waals surface area contributed by atoms with E-state index in [1.54, 1.807) is 28.1 Å². The maximum absolute atomic E-state index is 12.8. The van der Waals surface area contributed by atoms with Crippen molar-refractivity contribution in [2.45, 2.75) is 26.1 Å². The first-order valence-corrected chi connectivity index (χ1v) is 9.02. The van der Waals surface area contributed by atoms with Crippen LogP contribution in [0.15, 0.2) is 24.5 Å². The fourth-order valence-electron chi connectivity index (χ4n) is 3.33. The fraction of sp³-hybridized carbons (Fsp3) is 0.412. The normalized spacial score (nSPS) is 19.8. The van der Waals surface area contributed by atoms with Gasteiger partial charge in [0, 0.05) is 18.4 Å². The largest absolute Gasteiger partial charge is 0.370 e. The van der Waals surface area contributed by atoms with Crippen LogP contribution in [0.4, 0.5) is 16.2 Å². The Bertz CT molecular complexity index is 885. The highest BCUT2D eigenvalue weighted by Crippen LogP contribution is 2.28. The Labute approximate surface area is 160 Å². The molecule has 1 atom stereocenters. The number of pyridine rings is 1. The molecule has 27 heavy (non-hydrogen) atoms. The number of halogens is 1. The molecule has 1 unspecified atom stereocenters. The average molecular weight is 391 g/mol. The summed E-state index contributed by atoms with van der Waals surface area (Å²) in [5, 5.41) is 7.56. The second-order valence-electron chi connectivity index (χ2n) is 6.53. The average Bonchev–Trinajstić information content (AvgIpc) is 3.04. The standard InChI is InChI=1S/C17H19ClN6O3/c1-11-8-24-14(13(7-20-24)22-4-5-27-10-16(22)25)9-23(11)17(26)21-12-2-3-19-15(18)6-12/h2-3,6-7,11H,4-5,8-10H2,1H3,(H,19,21,26). The van der Waals surface area contributed by atoms with Crippen LogP contribution < -0.4 is 10.2 Å². The van der Waals surface area contributed by atoms with Gasteiger partial charge in [0.15, 0.2) is 0 Å². The number of fused-ring (bicyclic) bond motifs is 1. The van der Waals surface area contributed by atoms with Gasteiger partial charge in [-0.3, -0.25) is 9.48 Å². The first-order valence-electron chi connectivity index (χ1n) is 8.65. The summed E-state index contributed by atoms with van der Waals surface area (Å²) in [4.78, 5) is 32.3. The van der Waals surface area contributed by atoms with E-state index in [-0.39, 0.29) is 24.6 Å². The van der Waals surface area contributed by atoms with Crippen LogP contribution in [-0.4, -0.2) is 57.4 Å². The number of amides is 3. The van der Waals surface area contributed by atoms with Crippen LogP contribution in [0.2, 0.25) is 5.15 Å². The van der Waals surface area contributed by atoms with Crippen LogP contribution in [0, 0.1) is 0 Å². The molecule has 2 aliphatic heterocycles. The predicted molar refractivity (Wildman–Crippen MR) is 98.7 cm³/mol. The van der Waals surface area contributed by atoms with Crippen molar-refractivity contribution in [2.24, 2.45) is 0 Å². The van der Waals surface area contributed by atoms with E-state index in [1.807, 2.05) is 11.6 Å². The lowest BCUT2D eigenvalue weighted by atomic mass is 10.2. The third kappa shape index (κ3) is 3.47. The summed E-state index contributed by atoms with van der Waals surface area (Å²) >= 11 is 5.88. The molecule has 10 heteroatoms. The highest BCUT2D eigenvalue weighted by atomic mass is 35.5. The highest BCUT2D eigenvalue weighted by molar-refractivity contribution is 6.29. The lowest BCUT2D eigenvalue weighted by molar-refractivity contribution is -0.125. The molecule has 2 aromatic rings. The third-order valence-electron chi connectivity index (χ3n) is 4.73. The Kier molecular flexibility index (Phi) is 4.71. The fourth-order valence-corrected chi connectivity index (χ4v) is 3.51. The van der Waals surface area contributed by atoms with Crippen LogP contribution in [0.3, 0.4) is 0 Å². The maximum Gasteiger partial charge on any atom is 0.322 e. The maximum atomic E-state index is 12.8. The first-order chi connectivity index (χ1) is 13.0. The van der Waals surface area contributed by atoms with Gasteiger partial charge in [-0.15, -0.1) is 0 Å². The number of ether oxygens (including phenoxy) is 1. The molecule has 0 aromatic carbocycles. The van der Waals surface area contributed by atoms with Crippen LogP contribution in [0.5, 0.6) is 0 Å². The summed E-state index contributed by atoms with van der Waals surface area (Å²) in [7, 11) is 0. The van der Waals surface area contributed by atoms with Crippen molar-refractivity contribution in [2.75, 3.05) is 30.0 Å². The molecule has 3 amide bonds. The van der Waals surface area contributed by atoms with Gasteiger partial charge in [-0.1, -0.05) is 11.6 Å². The number of urea groups is 1. The zero-order valence-corrected chi connectivity index (χ0v) is 15.5. The zero-order chi connectivity index (χ0) is 19.0. The number of hydrogen-bond donors (Lipinski definition) is 1. The van der Waals surface area contributed by atoms with Crippen molar-refractivity contribution in [3.05, 3.63) is 35.4 Å². The number of aromatic nitrogens is 3. The molecule has 0 aliphatic carbocycles. The Morgan fingerprint density at radius 2 is 2.30 bits per heavy atom. The van der Waals surface area contributed by atoms with Crippen LogP contribution >= 0.6 is 11.6 Å². The minimum Gasteiger partial charge on any atom is -0.370 e. The molecule has 142 valence electrons. The summed E-state index contributed by atoms with van der Waals surface area (Å²) in [6.07, 6.45) is 3.23. The number of hydrogen-bond acceptors (Lipinski definition) is 5. The van der Waals surface area contributed by atoms with E-state index in [1.165, 1.54) is 6.20 Å². The summed E-state index contributed by atoms with van der Waals surface area (Å²) in [5.74, 6) is -0.0990. The molecular formula is C17H19ClN6O3. The number of nitrogens with one attached hydrogen (secondary N) is 1. The Balaban J connectivity index is 1.55. The molecule has 1 saturated heterocycles. The highest BCUT2D eigenvalue weighted by Gasteiger charge is 2.32. The minimum absolute atomic E-state index is 0.0528. The van der Waals surface area contributed by atoms with Gasteiger partial charge in [-0.25, -0.2) is 9.78 Å². The van der Waals surface area contributed by atoms with Crippen molar-refractivity contribution in [1.82, 2.24) is 19.7 Å². The van der Waals surface area contributed by atoms with Gasteiger partial charge in [0.05, 0.1) is 43.3 Å². The number of rotatable bonds is 2. The molecule has 4 heterocycles. The van der Waals surface area contributed by atoms with Crippen LogP contribution in [-0.2, 0) is 22.6 Å². The molecular weight excluding hydrogens is 372 g/mol. The molecule has 0 bridgehead atoms. The molecule has 2 aliphatic rings. The van der Waals surface area contributed by atoms with Crippen LogP contribution in [0.25, 0.3) is 0 Å². The van der Waals surface area contributed by atoms with Gasteiger partial charge in [-0.2, -0.15) is 5.10 Å². The predicted octanol–water partition coefficient (Wildman–Crippen LogP) is 1.73. The topological polar surface area (TPSA) is 92.6 Å². The molecule has 1 fully saturated rings. The summed E-state index contributed by atoms with van der Waals surface area (Å²) < 4.78 is 7.05. The van der Waals surface area contributed by atoms with Crippen molar-refractivity contribution >= 4 is 34.9 Å². The summed E-state index contributed by atoms with van der Waals surface area (Å²) in [6, 6.07) is 2.98. The lowest BCUT2D eigenvalue weighted by Gasteiger charge is -2.35. The van der Waals surface area contributed by atoms with E-state index in [0.717, 1.165) is 11.4 Å². The van der Waals surface area contributed by atoms with E-state index < -0.39 is 0 Å². The third-order valence-corrected chi connectivity index (χ3v) is 4.94. The van der Waals surface area contributed by atoms with Crippen molar-refractivity contribution in [3.63, 3.8) is 0 Å². The van der Waals surface area contributed by atoms with Crippen molar-refractivity contribution in [3.8, 4) is 0 Å². The lowest BCUT2D eigenvalue weighted by Crippen LogP contribution is -2.48. The molecule has 0 spiro atoms. The second kappa shape index (κ2) is 7.16. The Morgan fingerprint density at radius 3 is 3.07 bits per heavy atom. The number of morpholine rings is 1. The van der Waals surface area contributed by atoms with E-state index >= 15 is 0 Å². The van der Waals surface area contributed by atoms with Gasteiger partial charge in [0.1, 0.15) is 11.8 Å².